The van der Waals surface area contributed by atoms with Crippen LogP contribution < -0.4 is 5.32 Å². The van der Waals surface area contributed by atoms with Crippen LogP contribution in [0.15, 0.2) is 0 Å². The lowest BCUT2D eigenvalue weighted by Crippen LogP contribution is -2.53. The zero-order chi connectivity index (χ0) is 19.1. The Morgan fingerprint density at radius 1 is 1.12 bits per heavy atom. The standard InChI is InChI=1S/C20H35N3O3/c1-4-5-12-22(3)19(25)17-10-13-23(14-11-17)20(26)18(21-15(2)24)16-8-6-7-9-16/h16-18H,4-14H2,1-3H3,(H,21,24). The fraction of sp³-hybridized carbons (Fsp3) is 0.850. The van der Waals surface area contributed by atoms with Gasteiger partial charge in [0.1, 0.15) is 6.04 Å². The van der Waals surface area contributed by atoms with E-state index in [1.165, 1.54) is 6.92 Å². The van der Waals surface area contributed by atoms with Crippen molar-refractivity contribution in [1.29, 1.82) is 0 Å². The molecule has 0 aromatic carbocycles. The third-order valence-electron chi connectivity index (χ3n) is 5.88. The van der Waals surface area contributed by atoms with Crippen molar-refractivity contribution < 1.29 is 14.4 Å². The third-order valence-corrected chi connectivity index (χ3v) is 5.88. The van der Waals surface area contributed by atoms with Crippen molar-refractivity contribution in [2.75, 3.05) is 26.7 Å². The van der Waals surface area contributed by atoms with Gasteiger partial charge in [0, 0.05) is 39.5 Å². The second-order valence-electron chi connectivity index (χ2n) is 7.94. The summed E-state index contributed by atoms with van der Waals surface area (Å²) in [6.45, 7) is 5.63. The van der Waals surface area contributed by atoms with Gasteiger partial charge in [0.25, 0.3) is 0 Å². The number of nitrogens with zero attached hydrogens (tertiary/aromatic N) is 2. The largest absolute Gasteiger partial charge is 0.346 e. The number of nitrogens with one attached hydrogen (secondary N) is 1. The van der Waals surface area contributed by atoms with Gasteiger partial charge in [-0.3, -0.25) is 14.4 Å². The van der Waals surface area contributed by atoms with E-state index in [1.54, 1.807) is 0 Å². The molecule has 6 heteroatoms. The van der Waals surface area contributed by atoms with Crippen LogP contribution in [0.1, 0.15) is 65.2 Å². The maximum absolute atomic E-state index is 13.0. The number of carbonyl (C=O) groups excluding carboxylic acids is 3. The topological polar surface area (TPSA) is 69.7 Å². The maximum atomic E-state index is 13.0. The number of likely N-dealkylation sites (tertiary alicyclic amines) is 1. The van der Waals surface area contributed by atoms with Crippen molar-refractivity contribution in [3.63, 3.8) is 0 Å². The predicted molar refractivity (Wildman–Crippen MR) is 101 cm³/mol. The lowest BCUT2D eigenvalue weighted by Gasteiger charge is -2.36. The molecule has 6 nitrogen and oxygen atoms in total. The van der Waals surface area contributed by atoms with Crippen LogP contribution in [-0.4, -0.2) is 60.2 Å². The molecule has 1 N–H and O–H groups in total. The number of unbranched alkanes of at least 4 members (excludes halogenated alkanes) is 1. The first-order chi connectivity index (χ1) is 12.4. The Morgan fingerprint density at radius 2 is 1.73 bits per heavy atom. The zero-order valence-electron chi connectivity index (χ0n) is 16.6. The Balaban J connectivity index is 1.89. The SMILES string of the molecule is CCCCN(C)C(=O)C1CCN(C(=O)C(NC(C)=O)C2CCCC2)CC1. The molecule has 148 valence electrons. The molecule has 0 aromatic heterocycles. The fourth-order valence-corrected chi connectivity index (χ4v) is 4.25. The number of carbonyl (C=O) groups is 3. The van der Waals surface area contributed by atoms with Crippen molar-refractivity contribution >= 4 is 17.7 Å². The molecule has 2 fully saturated rings. The van der Waals surface area contributed by atoms with Crippen LogP contribution in [0.25, 0.3) is 0 Å². The van der Waals surface area contributed by atoms with Gasteiger partial charge in [0.05, 0.1) is 0 Å². The lowest BCUT2D eigenvalue weighted by atomic mass is 9.92. The smallest absolute Gasteiger partial charge is 0.245 e. The Hall–Kier alpha value is -1.59. The zero-order valence-corrected chi connectivity index (χ0v) is 16.6. The summed E-state index contributed by atoms with van der Waals surface area (Å²) in [6.07, 6.45) is 7.83. The van der Waals surface area contributed by atoms with Gasteiger partial charge in [-0.05, 0) is 38.0 Å². The molecule has 1 heterocycles. The van der Waals surface area contributed by atoms with Crippen molar-refractivity contribution in [2.24, 2.45) is 11.8 Å². The fourth-order valence-electron chi connectivity index (χ4n) is 4.25. The van der Waals surface area contributed by atoms with Crippen LogP contribution in [0.2, 0.25) is 0 Å². The average Bonchev–Trinajstić information content (AvgIpc) is 3.17. The Bertz CT molecular complexity index is 495. The minimum absolute atomic E-state index is 0.0200. The Labute approximate surface area is 157 Å². The van der Waals surface area contributed by atoms with Gasteiger partial charge in [-0.25, -0.2) is 0 Å². The number of hydrogen-bond acceptors (Lipinski definition) is 3. The minimum Gasteiger partial charge on any atom is -0.346 e. The Morgan fingerprint density at radius 3 is 2.27 bits per heavy atom. The van der Waals surface area contributed by atoms with Gasteiger partial charge in [0.2, 0.25) is 17.7 Å². The molecule has 1 atom stereocenters. The summed E-state index contributed by atoms with van der Waals surface area (Å²) in [4.78, 5) is 40.8. The maximum Gasteiger partial charge on any atom is 0.245 e. The second kappa shape index (κ2) is 9.93. The molecule has 1 aliphatic carbocycles. The molecular weight excluding hydrogens is 330 g/mol. The molecule has 0 aromatic rings. The van der Waals surface area contributed by atoms with Crippen LogP contribution in [0, 0.1) is 11.8 Å². The van der Waals surface area contributed by atoms with Crippen molar-refractivity contribution in [2.45, 2.75) is 71.3 Å². The van der Waals surface area contributed by atoms with E-state index in [4.69, 9.17) is 0 Å². The molecule has 2 rings (SSSR count). The van der Waals surface area contributed by atoms with Gasteiger partial charge in [-0.15, -0.1) is 0 Å². The van der Waals surface area contributed by atoms with E-state index in [2.05, 4.69) is 12.2 Å². The highest BCUT2D eigenvalue weighted by atomic mass is 16.2. The molecule has 3 amide bonds. The lowest BCUT2D eigenvalue weighted by molar-refractivity contribution is -0.142. The van der Waals surface area contributed by atoms with Crippen molar-refractivity contribution in [3.05, 3.63) is 0 Å². The molecule has 0 bridgehead atoms. The first-order valence-electron chi connectivity index (χ1n) is 10.2. The first kappa shape index (κ1) is 20.7. The number of amides is 3. The summed E-state index contributed by atoms with van der Waals surface area (Å²) in [5, 5.41) is 2.89. The van der Waals surface area contributed by atoms with Crippen LogP contribution >= 0.6 is 0 Å². The van der Waals surface area contributed by atoms with E-state index in [0.717, 1.165) is 57.9 Å². The molecule has 1 saturated heterocycles. The highest BCUT2D eigenvalue weighted by Crippen LogP contribution is 2.29. The number of hydrogen-bond donors (Lipinski definition) is 1. The van der Waals surface area contributed by atoms with Crippen LogP contribution in [0.4, 0.5) is 0 Å². The highest BCUT2D eigenvalue weighted by Gasteiger charge is 2.36. The second-order valence-corrected chi connectivity index (χ2v) is 7.94. The van der Waals surface area contributed by atoms with Gasteiger partial charge in [-0.1, -0.05) is 26.2 Å². The summed E-state index contributed by atoms with van der Waals surface area (Å²) in [5.41, 5.74) is 0. The minimum atomic E-state index is -0.394. The van der Waals surface area contributed by atoms with E-state index in [1.807, 2.05) is 16.8 Å². The molecule has 0 spiro atoms. The van der Waals surface area contributed by atoms with E-state index in [-0.39, 0.29) is 29.6 Å². The molecular formula is C20H35N3O3. The average molecular weight is 366 g/mol. The normalized spacial score (nSPS) is 20.0. The first-order valence-corrected chi connectivity index (χ1v) is 10.2. The number of rotatable bonds is 7. The molecule has 1 aliphatic heterocycles. The van der Waals surface area contributed by atoms with Crippen molar-refractivity contribution in [1.82, 2.24) is 15.1 Å². The summed E-state index contributed by atoms with van der Waals surface area (Å²) in [7, 11) is 1.88. The highest BCUT2D eigenvalue weighted by molar-refractivity contribution is 5.87. The van der Waals surface area contributed by atoms with Crippen LogP contribution in [0.5, 0.6) is 0 Å². The van der Waals surface area contributed by atoms with Gasteiger partial charge in [-0.2, -0.15) is 0 Å². The van der Waals surface area contributed by atoms with Crippen molar-refractivity contribution in [3.8, 4) is 0 Å². The van der Waals surface area contributed by atoms with Gasteiger partial charge >= 0.3 is 0 Å². The summed E-state index contributed by atoms with van der Waals surface area (Å²) in [6, 6.07) is -0.394. The summed E-state index contributed by atoms with van der Waals surface area (Å²) >= 11 is 0. The molecule has 1 saturated carbocycles. The van der Waals surface area contributed by atoms with E-state index >= 15 is 0 Å². The number of piperidine rings is 1. The third kappa shape index (κ3) is 5.45. The molecule has 1 unspecified atom stereocenters. The van der Waals surface area contributed by atoms with Crippen LogP contribution in [0.3, 0.4) is 0 Å². The van der Waals surface area contributed by atoms with Crippen LogP contribution in [-0.2, 0) is 14.4 Å². The summed E-state index contributed by atoms with van der Waals surface area (Å²) < 4.78 is 0. The van der Waals surface area contributed by atoms with Gasteiger partial charge < -0.3 is 15.1 Å². The van der Waals surface area contributed by atoms with E-state index in [0.29, 0.717) is 13.1 Å². The quantitative estimate of drug-likeness (QED) is 0.752. The predicted octanol–water partition coefficient (Wildman–Crippen LogP) is 2.18. The monoisotopic (exact) mass is 365 g/mol. The van der Waals surface area contributed by atoms with Gasteiger partial charge in [0.15, 0.2) is 0 Å². The molecule has 2 aliphatic rings. The Kier molecular flexibility index (Phi) is 7.91. The van der Waals surface area contributed by atoms with E-state index in [9.17, 15) is 14.4 Å². The molecule has 26 heavy (non-hydrogen) atoms. The summed E-state index contributed by atoms with van der Waals surface area (Å²) in [5.74, 6) is 0.382. The van der Waals surface area contributed by atoms with E-state index < -0.39 is 6.04 Å². The molecule has 0 radical (unpaired) electrons.